The van der Waals surface area contributed by atoms with E-state index in [0.29, 0.717) is 5.69 Å². The van der Waals surface area contributed by atoms with Crippen molar-refractivity contribution in [1.82, 2.24) is 14.8 Å². The Morgan fingerprint density at radius 1 is 1.67 bits per heavy atom. The van der Waals surface area contributed by atoms with Crippen LogP contribution in [0.5, 0.6) is 0 Å². The van der Waals surface area contributed by atoms with Crippen LogP contribution < -0.4 is 0 Å². The zero-order chi connectivity index (χ0) is 10.8. The summed E-state index contributed by atoms with van der Waals surface area (Å²) in [5, 5.41) is 12.6. The normalized spacial score (nSPS) is 10.5. The number of carboxylic acid groups (broad SMARTS) is 1. The number of carbonyl (C=O) groups is 1. The van der Waals surface area contributed by atoms with Gasteiger partial charge in [-0.25, -0.2) is 0 Å². The average Bonchev–Trinajstić information content (AvgIpc) is 2.72. The van der Waals surface area contributed by atoms with Crippen molar-refractivity contribution in [2.75, 3.05) is 0 Å². The number of rotatable bonds is 3. The van der Waals surface area contributed by atoms with Gasteiger partial charge >= 0.3 is 12.0 Å². The van der Waals surface area contributed by atoms with E-state index < -0.39 is 5.97 Å². The van der Waals surface area contributed by atoms with Gasteiger partial charge < -0.3 is 9.52 Å². The van der Waals surface area contributed by atoms with Crippen LogP contribution in [0.4, 0.5) is 0 Å². The minimum Gasteiger partial charge on any atom is -0.481 e. The fraction of sp³-hybridized carbons (Fsp3) is 0.222. The minimum atomic E-state index is -0.938. The molecular weight excluding hydrogens is 198 g/mol. The Morgan fingerprint density at radius 3 is 3.07 bits per heavy atom. The van der Waals surface area contributed by atoms with Gasteiger partial charge in [-0.3, -0.25) is 4.79 Å². The lowest BCUT2D eigenvalue weighted by Gasteiger charge is -1.90. The quantitative estimate of drug-likeness (QED) is 0.804. The van der Waals surface area contributed by atoms with Crippen LogP contribution in [0.2, 0.25) is 0 Å². The predicted molar refractivity (Wildman–Crippen MR) is 49.7 cm³/mol. The molecule has 0 spiro atoms. The van der Waals surface area contributed by atoms with Gasteiger partial charge in [-0.05, 0) is 13.0 Å². The van der Waals surface area contributed by atoms with Crippen LogP contribution >= 0.6 is 0 Å². The second-order valence-corrected chi connectivity index (χ2v) is 3.09. The molecule has 2 rings (SSSR count). The summed E-state index contributed by atoms with van der Waals surface area (Å²) in [6.45, 7) is 1.84. The van der Waals surface area contributed by atoms with Crippen LogP contribution in [0.25, 0.3) is 6.01 Å². The van der Waals surface area contributed by atoms with E-state index in [1.165, 1.54) is 10.9 Å². The highest BCUT2D eigenvalue weighted by atomic mass is 16.4. The molecule has 0 aliphatic carbocycles. The Morgan fingerprint density at radius 2 is 2.47 bits per heavy atom. The largest absolute Gasteiger partial charge is 0.481 e. The molecule has 6 heteroatoms. The van der Waals surface area contributed by atoms with Crippen LogP contribution in [0.15, 0.2) is 22.9 Å². The van der Waals surface area contributed by atoms with Crippen LogP contribution in [0.3, 0.4) is 0 Å². The molecule has 0 unspecified atom stereocenters. The highest BCUT2D eigenvalue weighted by Crippen LogP contribution is 2.08. The highest BCUT2D eigenvalue weighted by molar-refractivity contribution is 5.69. The third-order valence-corrected chi connectivity index (χ3v) is 1.79. The molecule has 2 heterocycles. The Bertz CT molecular complexity index is 486. The Balaban J connectivity index is 2.23. The van der Waals surface area contributed by atoms with Gasteiger partial charge in [0.1, 0.15) is 6.26 Å². The molecule has 0 amide bonds. The summed E-state index contributed by atoms with van der Waals surface area (Å²) in [6, 6.07) is 2.08. The van der Waals surface area contributed by atoms with E-state index in [9.17, 15) is 4.79 Å². The number of aryl methyl sites for hydroxylation is 1. The van der Waals surface area contributed by atoms with Gasteiger partial charge in [-0.15, -0.1) is 0 Å². The zero-order valence-electron chi connectivity index (χ0n) is 8.04. The number of hydrogen-bond acceptors (Lipinski definition) is 4. The monoisotopic (exact) mass is 207 g/mol. The van der Waals surface area contributed by atoms with Gasteiger partial charge in [0.25, 0.3) is 0 Å². The van der Waals surface area contributed by atoms with Crippen molar-refractivity contribution in [3.8, 4) is 6.01 Å². The second-order valence-electron chi connectivity index (χ2n) is 3.09. The zero-order valence-corrected chi connectivity index (χ0v) is 8.04. The molecule has 0 fully saturated rings. The Kier molecular flexibility index (Phi) is 2.24. The van der Waals surface area contributed by atoms with Crippen LogP contribution in [0.1, 0.15) is 11.4 Å². The summed E-state index contributed by atoms with van der Waals surface area (Å²) in [6.07, 6.45) is 2.87. The fourth-order valence-electron chi connectivity index (χ4n) is 1.16. The lowest BCUT2D eigenvalue weighted by atomic mass is 10.3. The lowest BCUT2D eigenvalue weighted by Crippen LogP contribution is -2.01. The van der Waals surface area contributed by atoms with Crippen molar-refractivity contribution in [2.45, 2.75) is 13.3 Å². The maximum absolute atomic E-state index is 10.4. The lowest BCUT2D eigenvalue weighted by molar-refractivity contribution is -0.136. The van der Waals surface area contributed by atoms with Gasteiger partial charge in [0.05, 0.1) is 17.8 Å². The molecule has 0 bridgehead atoms. The molecule has 78 valence electrons. The molecule has 0 saturated carbocycles. The maximum Gasteiger partial charge on any atom is 0.322 e. The Hall–Kier alpha value is -2.11. The van der Waals surface area contributed by atoms with Gasteiger partial charge in [0.2, 0.25) is 0 Å². The highest BCUT2D eigenvalue weighted by Gasteiger charge is 2.09. The van der Waals surface area contributed by atoms with E-state index in [4.69, 9.17) is 9.52 Å². The molecular formula is C9H9N3O3. The fourth-order valence-corrected chi connectivity index (χ4v) is 1.16. The van der Waals surface area contributed by atoms with Crippen LogP contribution in [0, 0.1) is 6.92 Å². The summed E-state index contributed by atoms with van der Waals surface area (Å²) < 4.78 is 6.55. The van der Waals surface area contributed by atoms with Gasteiger partial charge in [-0.2, -0.15) is 14.8 Å². The number of nitrogens with zero attached hydrogens (tertiary/aromatic N) is 3. The first-order chi connectivity index (χ1) is 7.15. The summed E-state index contributed by atoms with van der Waals surface area (Å²) in [5.74, 6) is -0.938. The summed E-state index contributed by atoms with van der Waals surface area (Å²) in [5.41, 5.74) is 1.22. The molecule has 0 radical (unpaired) electrons. The third-order valence-electron chi connectivity index (χ3n) is 1.79. The van der Waals surface area contributed by atoms with E-state index in [-0.39, 0.29) is 12.4 Å². The smallest absolute Gasteiger partial charge is 0.322 e. The van der Waals surface area contributed by atoms with Crippen molar-refractivity contribution in [3.63, 3.8) is 0 Å². The van der Waals surface area contributed by atoms with Crippen molar-refractivity contribution < 1.29 is 14.3 Å². The molecule has 2 aromatic heterocycles. The molecule has 0 saturated heterocycles. The maximum atomic E-state index is 10.4. The van der Waals surface area contributed by atoms with Crippen LogP contribution in [-0.2, 0) is 11.2 Å². The van der Waals surface area contributed by atoms with Gasteiger partial charge in [0.15, 0.2) is 0 Å². The summed E-state index contributed by atoms with van der Waals surface area (Å²) in [7, 11) is 0. The molecule has 0 aliphatic rings. The molecule has 1 N–H and O–H groups in total. The van der Waals surface area contributed by atoms with Gasteiger partial charge in [-0.1, -0.05) is 0 Å². The van der Waals surface area contributed by atoms with Crippen molar-refractivity contribution in [1.29, 1.82) is 0 Å². The molecule has 6 nitrogen and oxygen atoms in total. The van der Waals surface area contributed by atoms with E-state index in [1.54, 1.807) is 12.3 Å². The first kappa shape index (κ1) is 9.45. The van der Waals surface area contributed by atoms with E-state index in [1.807, 2.05) is 6.92 Å². The summed E-state index contributed by atoms with van der Waals surface area (Å²) in [4.78, 5) is 14.4. The number of aromatic nitrogens is 3. The predicted octanol–water partition coefficient (Wildman–Crippen LogP) is 0.796. The number of aliphatic carboxylic acids is 1. The molecule has 2 aromatic rings. The topological polar surface area (TPSA) is 81.2 Å². The molecule has 0 atom stereocenters. The van der Waals surface area contributed by atoms with E-state index in [2.05, 4.69) is 10.1 Å². The minimum absolute atomic E-state index is 0.149. The SMILES string of the molecule is Cc1ccn(-c2nc(CC(=O)O)co2)n1. The number of oxazole rings is 1. The van der Waals surface area contributed by atoms with E-state index >= 15 is 0 Å². The second kappa shape index (κ2) is 3.56. The molecule has 0 aromatic carbocycles. The van der Waals surface area contributed by atoms with Crippen molar-refractivity contribution >= 4 is 5.97 Å². The van der Waals surface area contributed by atoms with E-state index in [0.717, 1.165) is 5.69 Å². The molecule has 15 heavy (non-hydrogen) atoms. The van der Waals surface area contributed by atoms with Crippen LogP contribution in [-0.4, -0.2) is 25.8 Å². The van der Waals surface area contributed by atoms with Crippen molar-refractivity contribution in [2.24, 2.45) is 0 Å². The van der Waals surface area contributed by atoms with Crippen molar-refractivity contribution in [3.05, 3.63) is 29.9 Å². The standard InChI is InChI=1S/C9H9N3O3/c1-6-2-3-12(11-6)9-10-7(5-15-9)4-8(13)14/h2-3,5H,4H2,1H3,(H,13,14). The Labute approximate surface area is 85.2 Å². The first-order valence-electron chi connectivity index (χ1n) is 4.34. The van der Waals surface area contributed by atoms with Gasteiger partial charge in [0, 0.05) is 6.20 Å². The number of carboxylic acids is 1. The molecule has 0 aliphatic heterocycles. The first-order valence-corrected chi connectivity index (χ1v) is 4.34. The third kappa shape index (κ3) is 2.04. The summed E-state index contributed by atoms with van der Waals surface area (Å²) >= 11 is 0. The average molecular weight is 207 g/mol. The number of hydrogen-bond donors (Lipinski definition) is 1.